The topological polar surface area (TPSA) is 65.4 Å². The van der Waals surface area contributed by atoms with Crippen molar-refractivity contribution in [1.29, 1.82) is 0 Å². The summed E-state index contributed by atoms with van der Waals surface area (Å²) in [6.45, 7) is 14.9. The van der Waals surface area contributed by atoms with Gasteiger partial charge in [0.25, 0.3) is 0 Å². The van der Waals surface area contributed by atoms with Crippen molar-refractivity contribution in [3.05, 3.63) is 35.2 Å². The first-order valence-electron chi connectivity index (χ1n) is 11.1. The first kappa shape index (κ1) is 23.5. The van der Waals surface area contributed by atoms with Crippen LogP contribution in [0.3, 0.4) is 0 Å². The van der Waals surface area contributed by atoms with E-state index in [1.165, 1.54) is 17.5 Å². The molecular weight excluding hydrogens is 410 g/mol. The number of rotatable bonds is 8. The van der Waals surface area contributed by atoms with Crippen LogP contribution in [-0.4, -0.2) is 34.4 Å². The molecule has 0 radical (unpaired) electrons. The SMILES string of the molecule is Cc1nc(SCC(=O)NC(c2ccc3c(c2)OCCCO3)C(C)C)n(CC(C)C)c1C. The molecule has 2 aromatic rings. The third-order valence-electron chi connectivity index (χ3n) is 5.42. The highest BCUT2D eigenvalue weighted by atomic mass is 32.2. The van der Waals surface area contributed by atoms with Gasteiger partial charge in [-0.25, -0.2) is 4.98 Å². The summed E-state index contributed by atoms with van der Waals surface area (Å²) in [7, 11) is 0. The standard InChI is InChI=1S/C24H35N3O3S/c1-15(2)13-27-18(6)17(5)25-24(27)31-14-22(28)26-23(16(3)4)19-8-9-20-21(12-19)30-11-7-10-29-20/h8-9,12,15-16,23H,7,10-11,13-14H2,1-6H3,(H,26,28). The zero-order chi connectivity index (χ0) is 22.5. The highest BCUT2D eigenvalue weighted by molar-refractivity contribution is 7.99. The molecule has 2 heterocycles. The number of thioether (sulfide) groups is 1. The van der Waals surface area contributed by atoms with Crippen molar-refractivity contribution in [2.45, 2.75) is 65.7 Å². The third-order valence-corrected chi connectivity index (χ3v) is 6.39. The van der Waals surface area contributed by atoms with Crippen LogP contribution in [0.25, 0.3) is 0 Å². The summed E-state index contributed by atoms with van der Waals surface area (Å²) in [6, 6.07) is 5.87. The monoisotopic (exact) mass is 445 g/mol. The molecule has 6 nitrogen and oxygen atoms in total. The van der Waals surface area contributed by atoms with E-state index < -0.39 is 0 Å². The minimum Gasteiger partial charge on any atom is -0.490 e. The number of nitrogens with zero attached hydrogens (tertiary/aromatic N) is 2. The number of fused-ring (bicyclic) bond motifs is 1. The second-order valence-electron chi connectivity index (χ2n) is 8.90. The van der Waals surface area contributed by atoms with E-state index in [1.54, 1.807) is 0 Å². The van der Waals surface area contributed by atoms with Crippen molar-refractivity contribution in [1.82, 2.24) is 14.9 Å². The van der Waals surface area contributed by atoms with Gasteiger partial charge in [-0.2, -0.15) is 0 Å². The van der Waals surface area contributed by atoms with Gasteiger partial charge in [0.15, 0.2) is 16.7 Å². The first-order chi connectivity index (χ1) is 14.8. The van der Waals surface area contributed by atoms with Gasteiger partial charge in [0, 0.05) is 18.7 Å². The Balaban J connectivity index is 1.68. The largest absolute Gasteiger partial charge is 0.490 e. The zero-order valence-corrected chi connectivity index (χ0v) is 20.3. The van der Waals surface area contributed by atoms with Crippen LogP contribution in [0.15, 0.2) is 23.4 Å². The smallest absolute Gasteiger partial charge is 0.230 e. The van der Waals surface area contributed by atoms with Gasteiger partial charge in [-0.3, -0.25) is 4.79 Å². The number of hydrogen-bond acceptors (Lipinski definition) is 5. The van der Waals surface area contributed by atoms with Crippen molar-refractivity contribution in [3.63, 3.8) is 0 Å². The number of aryl methyl sites for hydroxylation is 1. The summed E-state index contributed by atoms with van der Waals surface area (Å²) in [5.41, 5.74) is 3.23. The molecule has 1 aromatic heterocycles. The molecule has 7 heteroatoms. The molecule has 170 valence electrons. The van der Waals surface area contributed by atoms with Gasteiger partial charge in [0.2, 0.25) is 5.91 Å². The third kappa shape index (κ3) is 5.97. The second kappa shape index (κ2) is 10.4. The number of nitrogens with one attached hydrogen (secondary N) is 1. The molecule has 1 aliphatic rings. The maximum absolute atomic E-state index is 12.8. The van der Waals surface area contributed by atoms with Crippen molar-refractivity contribution in [2.24, 2.45) is 11.8 Å². The van der Waals surface area contributed by atoms with E-state index in [-0.39, 0.29) is 17.9 Å². The van der Waals surface area contributed by atoms with E-state index in [1.807, 2.05) is 25.1 Å². The van der Waals surface area contributed by atoms with Gasteiger partial charge in [-0.15, -0.1) is 0 Å². The molecule has 1 aliphatic heterocycles. The zero-order valence-electron chi connectivity index (χ0n) is 19.5. The fourth-order valence-corrected chi connectivity index (χ4v) is 4.58. The van der Waals surface area contributed by atoms with Crippen LogP contribution in [0, 0.1) is 25.7 Å². The average molecular weight is 446 g/mol. The number of aromatic nitrogens is 2. The molecule has 1 aromatic carbocycles. The molecule has 0 bridgehead atoms. The Morgan fingerprint density at radius 1 is 1.16 bits per heavy atom. The molecule has 0 fully saturated rings. The number of carbonyl (C=O) groups excluding carboxylic acids is 1. The van der Waals surface area contributed by atoms with Crippen LogP contribution in [0.5, 0.6) is 11.5 Å². The maximum Gasteiger partial charge on any atom is 0.230 e. The average Bonchev–Trinajstić information content (AvgIpc) is 2.89. The Bertz CT molecular complexity index is 908. The first-order valence-corrected chi connectivity index (χ1v) is 12.1. The number of ether oxygens (including phenoxy) is 2. The molecule has 0 saturated carbocycles. The van der Waals surface area contributed by atoms with Crippen LogP contribution in [0.1, 0.15) is 57.1 Å². The predicted octanol–water partition coefficient (Wildman–Crippen LogP) is 4.92. The molecular formula is C24H35N3O3S. The Morgan fingerprint density at radius 2 is 1.87 bits per heavy atom. The van der Waals surface area contributed by atoms with Crippen LogP contribution >= 0.6 is 11.8 Å². The van der Waals surface area contributed by atoms with Crippen LogP contribution in [0.2, 0.25) is 0 Å². The van der Waals surface area contributed by atoms with Crippen molar-refractivity contribution in [2.75, 3.05) is 19.0 Å². The van der Waals surface area contributed by atoms with Gasteiger partial charge < -0.3 is 19.4 Å². The van der Waals surface area contributed by atoms with E-state index in [4.69, 9.17) is 9.47 Å². The number of carbonyl (C=O) groups is 1. The Hall–Kier alpha value is -2.15. The summed E-state index contributed by atoms with van der Waals surface area (Å²) in [5, 5.41) is 4.13. The predicted molar refractivity (Wildman–Crippen MR) is 125 cm³/mol. The number of hydrogen-bond donors (Lipinski definition) is 1. The minimum atomic E-state index is -0.0934. The lowest BCUT2D eigenvalue weighted by Gasteiger charge is -2.24. The van der Waals surface area contributed by atoms with Crippen LogP contribution < -0.4 is 14.8 Å². The lowest BCUT2D eigenvalue weighted by atomic mass is 9.95. The second-order valence-corrected chi connectivity index (χ2v) is 9.85. The van der Waals surface area contributed by atoms with E-state index in [0.717, 1.165) is 40.9 Å². The van der Waals surface area contributed by atoms with Gasteiger partial charge in [0.1, 0.15) is 0 Å². The molecule has 1 N–H and O–H groups in total. The van der Waals surface area contributed by atoms with E-state index in [0.29, 0.717) is 24.9 Å². The molecule has 0 saturated heterocycles. The summed E-state index contributed by atoms with van der Waals surface area (Å²) >= 11 is 1.50. The highest BCUT2D eigenvalue weighted by Crippen LogP contribution is 2.34. The van der Waals surface area contributed by atoms with Crippen molar-refractivity contribution in [3.8, 4) is 11.5 Å². The fraction of sp³-hybridized carbons (Fsp3) is 0.583. The molecule has 0 aliphatic carbocycles. The number of imidazole rings is 1. The van der Waals surface area contributed by atoms with Gasteiger partial charge in [-0.1, -0.05) is 45.5 Å². The summed E-state index contributed by atoms with van der Waals surface area (Å²) < 4.78 is 13.8. The van der Waals surface area contributed by atoms with Gasteiger partial charge in [0.05, 0.1) is 30.7 Å². The quantitative estimate of drug-likeness (QED) is 0.584. The minimum absolute atomic E-state index is 0.00483. The Morgan fingerprint density at radius 3 is 2.55 bits per heavy atom. The molecule has 1 amide bonds. The summed E-state index contributed by atoms with van der Waals surface area (Å²) in [5.74, 6) is 2.63. The molecule has 1 atom stereocenters. The Kier molecular flexibility index (Phi) is 7.92. The molecule has 0 spiro atoms. The van der Waals surface area contributed by atoms with E-state index >= 15 is 0 Å². The molecule has 3 rings (SSSR count). The molecule has 1 unspecified atom stereocenters. The van der Waals surface area contributed by atoms with Crippen molar-refractivity contribution < 1.29 is 14.3 Å². The van der Waals surface area contributed by atoms with E-state index in [9.17, 15) is 4.79 Å². The van der Waals surface area contributed by atoms with Gasteiger partial charge >= 0.3 is 0 Å². The normalized spacial score (nSPS) is 14.6. The molecule has 31 heavy (non-hydrogen) atoms. The summed E-state index contributed by atoms with van der Waals surface area (Å²) in [6.07, 6.45) is 0.872. The Labute approximate surface area is 190 Å². The van der Waals surface area contributed by atoms with Gasteiger partial charge in [-0.05, 0) is 43.4 Å². The number of amides is 1. The van der Waals surface area contributed by atoms with Crippen LogP contribution in [0.4, 0.5) is 0 Å². The maximum atomic E-state index is 12.8. The lowest BCUT2D eigenvalue weighted by molar-refractivity contribution is -0.119. The van der Waals surface area contributed by atoms with Crippen LogP contribution in [-0.2, 0) is 11.3 Å². The highest BCUT2D eigenvalue weighted by Gasteiger charge is 2.22. The lowest BCUT2D eigenvalue weighted by Crippen LogP contribution is -2.33. The number of benzene rings is 1. The van der Waals surface area contributed by atoms with Crippen molar-refractivity contribution >= 4 is 17.7 Å². The van der Waals surface area contributed by atoms with E-state index in [2.05, 4.69) is 49.5 Å². The summed E-state index contributed by atoms with van der Waals surface area (Å²) in [4.78, 5) is 17.5. The fourth-order valence-electron chi connectivity index (χ4n) is 3.67.